The summed E-state index contributed by atoms with van der Waals surface area (Å²) in [6.45, 7) is 4.32. The summed E-state index contributed by atoms with van der Waals surface area (Å²) in [6, 6.07) is 6.71. The number of nitrogens with one attached hydrogen (secondary N) is 1. The van der Waals surface area contributed by atoms with E-state index in [-0.39, 0.29) is 0 Å². The zero-order valence-corrected chi connectivity index (χ0v) is 10.0. The zero-order valence-electron chi connectivity index (χ0n) is 9.26. The second kappa shape index (κ2) is 4.42. The molecule has 2 nitrogen and oxygen atoms in total. The number of benzene rings is 1. The quantitative estimate of drug-likeness (QED) is 0.830. The molecule has 3 heteroatoms. The Bertz CT molecular complexity index is 345. The second-order valence-corrected chi connectivity index (χ2v) is 4.62. The van der Waals surface area contributed by atoms with Gasteiger partial charge in [0.25, 0.3) is 0 Å². The van der Waals surface area contributed by atoms with Crippen molar-refractivity contribution in [2.24, 2.45) is 0 Å². The Kier molecular flexibility index (Phi) is 3.17. The molecule has 15 heavy (non-hydrogen) atoms. The topological polar surface area (TPSA) is 15.3 Å². The number of rotatable bonds is 2. The van der Waals surface area contributed by atoms with Crippen molar-refractivity contribution in [3.05, 3.63) is 28.8 Å². The number of anilines is 1. The summed E-state index contributed by atoms with van der Waals surface area (Å²) in [5.74, 6) is 0. The Labute approximate surface area is 96.2 Å². The first-order valence-electron chi connectivity index (χ1n) is 5.38. The molecule has 2 rings (SSSR count). The smallest absolute Gasteiger partial charge is 0.0423 e. The Morgan fingerprint density at radius 2 is 2.27 bits per heavy atom. The number of halogens is 1. The van der Waals surface area contributed by atoms with E-state index >= 15 is 0 Å². The standard InChI is InChI=1S/C12H17ClN2/c1-9-7-10(13)3-4-12(9)15(2)11-5-6-14-8-11/h3-4,7,11,14H,5-6,8H2,1-2H3. The van der Waals surface area contributed by atoms with Crippen molar-refractivity contribution in [2.45, 2.75) is 19.4 Å². The summed E-state index contributed by atoms with van der Waals surface area (Å²) >= 11 is 5.95. The van der Waals surface area contributed by atoms with Gasteiger partial charge in [-0.05, 0) is 43.7 Å². The molecule has 82 valence electrons. The molecule has 0 spiro atoms. The highest BCUT2D eigenvalue weighted by atomic mass is 35.5. The molecule has 1 aliphatic rings. The van der Waals surface area contributed by atoms with Crippen molar-refractivity contribution in [3.8, 4) is 0 Å². The van der Waals surface area contributed by atoms with Gasteiger partial charge in [-0.25, -0.2) is 0 Å². The first-order chi connectivity index (χ1) is 7.18. The van der Waals surface area contributed by atoms with E-state index in [2.05, 4.69) is 30.3 Å². The zero-order chi connectivity index (χ0) is 10.8. The van der Waals surface area contributed by atoms with Crippen molar-refractivity contribution in [3.63, 3.8) is 0 Å². The molecule has 1 N–H and O–H groups in total. The summed E-state index contributed by atoms with van der Waals surface area (Å²) in [5, 5.41) is 4.20. The minimum atomic E-state index is 0.616. The molecule has 0 amide bonds. The summed E-state index contributed by atoms with van der Waals surface area (Å²) < 4.78 is 0. The number of aryl methyl sites for hydroxylation is 1. The Hall–Kier alpha value is -0.730. The highest BCUT2D eigenvalue weighted by molar-refractivity contribution is 6.30. The predicted octanol–water partition coefficient (Wildman–Crippen LogP) is 2.45. The average molecular weight is 225 g/mol. The van der Waals surface area contributed by atoms with Gasteiger partial charge >= 0.3 is 0 Å². The number of nitrogens with zero attached hydrogens (tertiary/aromatic N) is 1. The highest BCUT2D eigenvalue weighted by Crippen LogP contribution is 2.25. The van der Waals surface area contributed by atoms with Gasteiger partial charge in [-0.2, -0.15) is 0 Å². The first-order valence-corrected chi connectivity index (χ1v) is 5.76. The molecule has 0 bridgehead atoms. The Balaban J connectivity index is 2.20. The SMILES string of the molecule is Cc1cc(Cl)ccc1N(C)C1CCNC1. The Morgan fingerprint density at radius 3 is 2.87 bits per heavy atom. The molecular weight excluding hydrogens is 208 g/mol. The van der Waals surface area contributed by atoms with Crippen LogP contribution in [-0.4, -0.2) is 26.2 Å². The van der Waals surface area contributed by atoms with Gasteiger partial charge in [0.05, 0.1) is 0 Å². The summed E-state index contributed by atoms with van der Waals surface area (Å²) in [4.78, 5) is 2.35. The number of hydrogen-bond acceptors (Lipinski definition) is 2. The lowest BCUT2D eigenvalue weighted by Gasteiger charge is -2.27. The molecule has 0 saturated carbocycles. The molecule has 0 aliphatic carbocycles. The maximum Gasteiger partial charge on any atom is 0.0423 e. The Morgan fingerprint density at radius 1 is 1.47 bits per heavy atom. The van der Waals surface area contributed by atoms with Gasteiger partial charge in [0.2, 0.25) is 0 Å². The van der Waals surface area contributed by atoms with Gasteiger partial charge in [-0.15, -0.1) is 0 Å². The van der Waals surface area contributed by atoms with Crippen LogP contribution in [0.15, 0.2) is 18.2 Å². The van der Waals surface area contributed by atoms with E-state index in [1.54, 1.807) is 0 Å². The van der Waals surface area contributed by atoms with E-state index in [4.69, 9.17) is 11.6 Å². The van der Waals surface area contributed by atoms with Crippen molar-refractivity contribution < 1.29 is 0 Å². The normalized spacial score (nSPS) is 20.6. The van der Waals surface area contributed by atoms with E-state index in [1.807, 2.05) is 12.1 Å². The third kappa shape index (κ3) is 2.27. The van der Waals surface area contributed by atoms with Crippen LogP contribution >= 0.6 is 11.6 Å². The number of hydrogen-bond donors (Lipinski definition) is 1. The van der Waals surface area contributed by atoms with E-state index in [9.17, 15) is 0 Å². The minimum Gasteiger partial charge on any atom is -0.370 e. The average Bonchev–Trinajstić information content (AvgIpc) is 2.69. The van der Waals surface area contributed by atoms with Crippen LogP contribution in [0.1, 0.15) is 12.0 Å². The number of likely N-dealkylation sites (N-methyl/N-ethyl adjacent to an activating group) is 1. The van der Waals surface area contributed by atoms with Gasteiger partial charge in [-0.1, -0.05) is 11.6 Å². The molecule has 1 aromatic carbocycles. The van der Waals surface area contributed by atoms with E-state index in [0.717, 1.165) is 18.1 Å². The summed E-state index contributed by atoms with van der Waals surface area (Å²) in [5.41, 5.74) is 2.53. The van der Waals surface area contributed by atoms with Crippen LogP contribution < -0.4 is 10.2 Å². The summed E-state index contributed by atoms with van der Waals surface area (Å²) in [6.07, 6.45) is 1.22. The molecule has 0 aromatic heterocycles. The molecule has 1 aromatic rings. The third-order valence-electron chi connectivity index (χ3n) is 3.12. The minimum absolute atomic E-state index is 0.616. The molecule has 1 unspecified atom stereocenters. The van der Waals surface area contributed by atoms with Gasteiger partial charge in [-0.3, -0.25) is 0 Å². The van der Waals surface area contributed by atoms with E-state index in [0.29, 0.717) is 6.04 Å². The van der Waals surface area contributed by atoms with E-state index < -0.39 is 0 Å². The lowest BCUT2D eigenvalue weighted by molar-refractivity contribution is 0.684. The molecule has 1 saturated heterocycles. The predicted molar refractivity (Wildman–Crippen MR) is 65.9 cm³/mol. The van der Waals surface area contributed by atoms with Crippen LogP contribution in [0.4, 0.5) is 5.69 Å². The molecule has 1 fully saturated rings. The molecule has 1 heterocycles. The van der Waals surface area contributed by atoms with Crippen LogP contribution in [0.25, 0.3) is 0 Å². The third-order valence-corrected chi connectivity index (χ3v) is 3.36. The summed E-state index contributed by atoms with van der Waals surface area (Å²) in [7, 11) is 2.16. The van der Waals surface area contributed by atoms with Crippen LogP contribution in [0.3, 0.4) is 0 Å². The maximum absolute atomic E-state index is 5.95. The van der Waals surface area contributed by atoms with Crippen molar-refractivity contribution >= 4 is 17.3 Å². The fourth-order valence-electron chi connectivity index (χ4n) is 2.18. The molecular formula is C12H17ClN2. The fraction of sp³-hybridized carbons (Fsp3) is 0.500. The molecule has 1 atom stereocenters. The lowest BCUT2D eigenvalue weighted by Crippen LogP contribution is -2.33. The highest BCUT2D eigenvalue weighted by Gasteiger charge is 2.20. The van der Waals surface area contributed by atoms with Crippen molar-refractivity contribution in [2.75, 3.05) is 25.0 Å². The van der Waals surface area contributed by atoms with Gasteiger partial charge in [0.15, 0.2) is 0 Å². The first kappa shape index (κ1) is 10.8. The maximum atomic E-state index is 5.95. The van der Waals surface area contributed by atoms with Gasteiger partial charge in [0, 0.05) is 30.3 Å². The van der Waals surface area contributed by atoms with Crippen LogP contribution in [0.2, 0.25) is 5.02 Å². The van der Waals surface area contributed by atoms with Crippen molar-refractivity contribution in [1.82, 2.24) is 5.32 Å². The molecule has 0 radical (unpaired) electrons. The van der Waals surface area contributed by atoms with Crippen LogP contribution in [0.5, 0.6) is 0 Å². The van der Waals surface area contributed by atoms with Gasteiger partial charge in [0.1, 0.15) is 0 Å². The van der Waals surface area contributed by atoms with Crippen molar-refractivity contribution in [1.29, 1.82) is 0 Å². The van der Waals surface area contributed by atoms with Crippen LogP contribution in [0, 0.1) is 6.92 Å². The lowest BCUT2D eigenvalue weighted by atomic mass is 10.1. The van der Waals surface area contributed by atoms with Crippen LogP contribution in [-0.2, 0) is 0 Å². The monoisotopic (exact) mass is 224 g/mol. The van der Waals surface area contributed by atoms with E-state index in [1.165, 1.54) is 17.7 Å². The largest absolute Gasteiger partial charge is 0.370 e. The second-order valence-electron chi connectivity index (χ2n) is 4.19. The molecule has 1 aliphatic heterocycles. The fourth-order valence-corrected chi connectivity index (χ4v) is 2.41. The van der Waals surface area contributed by atoms with Gasteiger partial charge < -0.3 is 10.2 Å².